The number of carbonyl (C=O) groups is 1. The highest BCUT2D eigenvalue weighted by molar-refractivity contribution is 7.08. The molecule has 0 radical (unpaired) electrons. The summed E-state index contributed by atoms with van der Waals surface area (Å²) in [6.07, 6.45) is 0. The average Bonchev–Trinajstić information content (AvgIpc) is 2.81. The van der Waals surface area contributed by atoms with Gasteiger partial charge in [-0.1, -0.05) is 0 Å². The van der Waals surface area contributed by atoms with Crippen LogP contribution in [0.4, 0.5) is 5.69 Å². The Morgan fingerprint density at radius 1 is 1.35 bits per heavy atom. The van der Waals surface area contributed by atoms with Crippen molar-refractivity contribution < 1.29 is 9.53 Å². The Morgan fingerprint density at radius 3 is 2.80 bits per heavy atom. The summed E-state index contributed by atoms with van der Waals surface area (Å²) in [7, 11) is 0. The molecule has 106 valence electrons. The van der Waals surface area contributed by atoms with Crippen molar-refractivity contribution in [1.82, 2.24) is 5.32 Å². The van der Waals surface area contributed by atoms with E-state index in [9.17, 15) is 4.79 Å². The largest absolute Gasteiger partial charge is 0.494 e. The van der Waals surface area contributed by atoms with Crippen LogP contribution in [0.5, 0.6) is 5.75 Å². The molecule has 2 rings (SSSR count). The molecule has 0 fully saturated rings. The van der Waals surface area contributed by atoms with E-state index < -0.39 is 0 Å². The number of nitrogens with two attached hydrogens (primary N) is 1. The van der Waals surface area contributed by atoms with Crippen LogP contribution in [0.3, 0.4) is 0 Å². The summed E-state index contributed by atoms with van der Waals surface area (Å²) >= 11 is 1.63. The highest BCUT2D eigenvalue weighted by Crippen LogP contribution is 2.19. The third-order valence-electron chi connectivity index (χ3n) is 2.90. The second kappa shape index (κ2) is 6.43. The Kier molecular flexibility index (Phi) is 4.63. The number of anilines is 1. The lowest BCUT2D eigenvalue weighted by Gasteiger charge is -2.09. The first-order valence-corrected chi connectivity index (χ1v) is 7.37. The molecule has 1 heterocycles. The summed E-state index contributed by atoms with van der Waals surface area (Å²) in [6.45, 7) is 4.99. The van der Waals surface area contributed by atoms with Crippen molar-refractivity contribution in [3.05, 3.63) is 45.6 Å². The third kappa shape index (κ3) is 3.51. The third-order valence-corrected chi connectivity index (χ3v) is 3.81. The lowest BCUT2D eigenvalue weighted by atomic mass is 10.1. The first-order chi connectivity index (χ1) is 9.60. The maximum absolute atomic E-state index is 12.1. The molecule has 4 nitrogen and oxygen atoms in total. The normalized spacial score (nSPS) is 10.3. The summed E-state index contributed by atoms with van der Waals surface area (Å²) in [4.78, 5) is 12.1. The predicted octanol–water partition coefficient (Wildman–Crippen LogP) is 2.97. The summed E-state index contributed by atoms with van der Waals surface area (Å²) in [5, 5.41) is 7.00. The number of nitrogen functional groups attached to an aromatic ring is 1. The zero-order valence-corrected chi connectivity index (χ0v) is 12.4. The highest BCUT2D eigenvalue weighted by atomic mass is 32.1. The standard InChI is InChI=1S/C15H18N2O2S/c1-3-19-14-5-11(4-13(16)6-14)15(18)17-7-12-9-20-8-10(12)2/h4-6,8-9H,3,7,16H2,1-2H3,(H,17,18). The molecule has 0 aliphatic rings. The Hall–Kier alpha value is -2.01. The van der Waals surface area contributed by atoms with Crippen molar-refractivity contribution in [2.75, 3.05) is 12.3 Å². The summed E-state index contributed by atoms with van der Waals surface area (Å²) < 4.78 is 5.39. The molecule has 0 unspecified atom stereocenters. The molecule has 1 amide bonds. The summed E-state index contributed by atoms with van der Waals surface area (Å²) in [5.41, 5.74) is 9.15. The van der Waals surface area contributed by atoms with Crippen LogP contribution >= 0.6 is 11.3 Å². The highest BCUT2D eigenvalue weighted by Gasteiger charge is 2.09. The Labute approximate surface area is 122 Å². The van der Waals surface area contributed by atoms with E-state index in [2.05, 4.69) is 10.7 Å². The van der Waals surface area contributed by atoms with Gasteiger partial charge in [0.2, 0.25) is 0 Å². The molecule has 3 N–H and O–H groups in total. The van der Waals surface area contributed by atoms with E-state index in [1.54, 1.807) is 29.5 Å². The molecule has 0 aliphatic carbocycles. The molecule has 0 bridgehead atoms. The number of benzene rings is 1. The first kappa shape index (κ1) is 14.4. The minimum atomic E-state index is -0.149. The Balaban J connectivity index is 2.07. The molecule has 1 aromatic carbocycles. The number of amides is 1. The van der Waals surface area contributed by atoms with Crippen LogP contribution in [0.15, 0.2) is 29.0 Å². The quantitative estimate of drug-likeness (QED) is 0.832. The zero-order valence-electron chi connectivity index (χ0n) is 11.6. The zero-order chi connectivity index (χ0) is 14.5. The first-order valence-electron chi connectivity index (χ1n) is 6.43. The van der Waals surface area contributed by atoms with E-state index in [0.717, 1.165) is 5.56 Å². The molecule has 0 spiro atoms. The summed E-state index contributed by atoms with van der Waals surface area (Å²) in [6, 6.07) is 5.07. The van der Waals surface area contributed by atoms with Gasteiger partial charge in [0.05, 0.1) is 6.61 Å². The molecule has 0 saturated heterocycles. The smallest absolute Gasteiger partial charge is 0.251 e. The van der Waals surface area contributed by atoms with Gasteiger partial charge in [0.25, 0.3) is 5.91 Å². The number of rotatable bonds is 5. The molecule has 0 atom stereocenters. The van der Waals surface area contributed by atoms with Crippen molar-refractivity contribution in [3.8, 4) is 5.75 Å². The van der Waals surface area contributed by atoms with Gasteiger partial charge in [-0.2, -0.15) is 11.3 Å². The van der Waals surface area contributed by atoms with Crippen molar-refractivity contribution in [2.45, 2.75) is 20.4 Å². The fourth-order valence-electron chi connectivity index (χ4n) is 1.85. The lowest BCUT2D eigenvalue weighted by Crippen LogP contribution is -2.23. The molecule has 0 saturated carbocycles. The topological polar surface area (TPSA) is 64.3 Å². The molecule has 0 aliphatic heterocycles. The number of hydrogen-bond donors (Lipinski definition) is 2. The van der Waals surface area contributed by atoms with Gasteiger partial charge in [0.1, 0.15) is 5.75 Å². The van der Waals surface area contributed by atoms with E-state index in [1.165, 1.54) is 5.56 Å². The minimum absolute atomic E-state index is 0.149. The van der Waals surface area contributed by atoms with E-state index in [0.29, 0.717) is 30.2 Å². The van der Waals surface area contributed by atoms with E-state index >= 15 is 0 Å². The maximum Gasteiger partial charge on any atom is 0.251 e. The number of ether oxygens (including phenoxy) is 1. The van der Waals surface area contributed by atoms with Gasteiger partial charge in [-0.05, 0) is 47.9 Å². The maximum atomic E-state index is 12.1. The lowest BCUT2D eigenvalue weighted by molar-refractivity contribution is 0.0950. The molecule has 5 heteroatoms. The number of carbonyl (C=O) groups excluding carboxylic acids is 1. The van der Waals surface area contributed by atoms with Crippen LogP contribution in [-0.2, 0) is 6.54 Å². The van der Waals surface area contributed by atoms with Crippen molar-refractivity contribution in [1.29, 1.82) is 0 Å². The Bertz CT molecular complexity index is 608. The summed E-state index contributed by atoms with van der Waals surface area (Å²) in [5.74, 6) is 0.466. The second-order valence-electron chi connectivity index (χ2n) is 4.49. The van der Waals surface area contributed by atoms with Crippen molar-refractivity contribution >= 4 is 22.9 Å². The number of aryl methyl sites for hydroxylation is 1. The van der Waals surface area contributed by atoms with E-state index in [1.807, 2.05) is 19.2 Å². The second-order valence-corrected chi connectivity index (χ2v) is 5.23. The molecule has 1 aromatic heterocycles. The number of nitrogens with one attached hydrogen (secondary N) is 1. The molecular weight excluding hydrogens is 272 g/mol. The average molecular weight is 290 g/mol. The monoisotopic (exact) mass is 290 g/mol. The fourth-order valence-corrected chi connectivity index (χ4v) is 2.71. The Morgan fingerprint density at radius 2 is 2.15 bits per heavy atom. The van der Waals surface area contributed by atoms with Gasteiger partial charge in [-0.3, -0.25) is 4.79 Å². The van der Waals surface area contributed by atoms with Gasteiger partial charge in [-0.15, -0.1) is 0 Å². The van der Waals surface area contributed by atoms with E-state index in [-0.39, 0.29) is 5.91 Å². The van der Waals surface area contributed by atoms with Crippen molar-refractivity contribution in [2.24, 2.45) is 0 Å². The van der Waals surface area contributed by atoms with Crippen molar-refractivity contribution in [3.63, 3.8) is 0 Å². The molecule has 2 aromatic rings. The van der Waals surface area contributed by atoms with Gasteiger partial charge in [0.15, 0.2) is 0 Å². The van der Waals surface area contributed by atoms with Crippen LogP contribution in [0, 0.1) is 6.92 Å². The van der Waals surface area contributed by atoms with Crippen LogP contribution in [0.2, 0.25) is 0 Å². The predicted molar refractivity (Wildman–Crippen MR) is 82.2 cm³/mol. The fraction of sp³-hybridized carbons (Fsp3) is 0.267. The van der Waals surface area contributed by atoms with Crippen LogP contribution in [-0.4, -0.2) is 12.5 Å². The van der Waals surface area contributed by atoms with Gasteiger partial charge >= 0.3 is 0 Å². The van der Waals surface area contributed by atoms with Crippen LogP contribution in [0.1, 0.15) is 28.4 Å². The SMILES string of the molecule is CCOc1cc(N)cc(C(=O)NCc2cscc2C)c1. The van der Waals surface area contributed by atoms with E-state index in [4.69, 9.17) is 10.5 Å². The van der Waals surface area contributed by atoms with Gasteiger partial charge < -0.3 is 15.8 Å². The van der Waals surface area contributed by atoms with Gasteiger partial charge in [0, 0.05) is 23.9 Å². The van der Waals surface area contributed by atoms with Gasteiger partial charge in [-0.25, -0.2) is 0 Å². The molecule has 20 heavy (non-hydrogen) atoms. The number of hydrogen-bond acceptors (Lipinski definition) is 4. The number of thiophene rings is 1. The molecular formula is C15H18N2O2S. The van der Waals surface area contributed by atoms with Crippen LogP contribution in [0.25, 0.3) is 0 Å². The van der Waals surface area contributed by atoms with Crippen LogP contribution < -0.4 is 15.8 Å². The minimum Gasteiger partial charge on any atom is -0.494 e.